The van der Waals surface area contributed by atoms with Crippen LogP contribution < -0.4 is 5.32 Å². The minimum absolute atomic E-state index is 0.0320. The zero-order valence-corrected chi connectivity index (χ0v) is 14.0. The summed E-state index contributed by atoms with van der Waals surface area (Å²) in [5.41, 5.74) is 1.32. The standard InChI is InChI=1S/C17H15BrN2O3/c1-12(14-7-3-4-8-15(14)18)19-17(21)11-10-13-6-2-5-9-16(13)20(22)23/h2-12H,1H3,(H,19,21)/b11-10+/t12-/m1/s1. The third-order valence-corrected chi connectivity index (χ3v) is 4.00. The number of nitrogens with one attached hydrogen (secondary N) is 1. The number of rotatable bonds is 5. The van der Waals surface area contributed by atoms with Gasteiger partial charge in [0.1, 0.15) is 0 Å². The van der Waals surface area contributed by atoms with Crippen molar-refractivity contribution >= 4 is 33.6 Å². The summed E-state index contributed by atoms with van der Waals surface area (Å²) in [7, 11) is 0. The van der Waals surface area contributed by atoms with Crippen LogP contribution in [-0.2, 0) is 4.79 Å². The Kier molecular flexibility index (Phi) is 5.65. The monoisotopic (exact) mass is 374 g/mol. The second-order valence-corrected chi connectivity index (χ2v) is 5.76. The Morgan fingerprint density at radius 3 is 2.57 bits per heavy atom. The van der Waals surface area contributed by atoms with E-state index in [9.17, 15) is 14.9 Å². The van der Waals surface area contributed by atoms with Crippen molar-refractivity contribution in [1.82, 2.24) is 5.32 Å². The molecule has 0 radical (unpaired) electrons. The maximum Gasteiger partial charge on any atom is 0.276 e. The van der Waals surface area contributed by atoms with Crippen molar-refractivity contribution in [2.45, 2.75) is 13.0 Å². The molecule has 5 nitrogen and oxygen atoms in total. The first-order chi connectivity index (χ1) is 11.0. The molecule has 23 heavy (non-hydrogen) atoms. The fraction of sp³-hybridized carbons (Fsp3) is 0.118. The van der Waals surface area contributed by atoms with Crippen molar-refractivity contribution in [2.24, 2.45) is 0 Å². The molecule has 0 fully saturated rings. The molecule has 2 aromatic carbocycles. The van der Waals surface area contributed by atoms with Gasteiger partial charge in [0.2, 0.25) is 5.91 Å². The lowest BCUT2D eigenvalue weighted by atomic mass is 10.1. The summed E-state index contributed by atoms with van der Waals surface area (Å²) in [6, 6.07) is 13.7. The number of nitrogens with zero attached hydrogens (tertiary/aromatic N) is 1. The second-order valence-electron chi connectivity index (χ2n) is 4.90. The Bertz CT molecular complexity index is 759. The molecule has 2 rings (SSSR count). The number of nitro groups is 1. The summed E-state index contributed by atoms with van der Waals surface area (Å²) in [6.45, 7) is 1.87. The fourth-order valence-electron chi connectivity index (χ4n) is 2.13. The number of benzene rings is 2. The second kappa shape index (κ2) is 7.69. The molecule has 1 N–H and O–H groups in total. The zero-order chi connectivity index (χ0) is 16.8. The topological polar surface area (TPSA) is 72.2 Å². The van der Waals surface area contributed by atoms with E-state index < -0.39 is 4.92 Å². The first kappa shape index (κ1) is 16.9. The van der Waals surface area contributed by atoms with Gasteiger partial charge in [-0.25, -0.2) is 0 Å². The molecule has 0 bridgehead atoms. The molecule has 1 atom stereocenters. The summed E-state index contributed by atoms with van der Waals surface area (Å²) in [5.74, 6) is -0.314. The van der Waals surface area contributed by atoms with E-state index in [-0.39, 0.29) is 17.6 Å². The number of halogens is 1. The normalized spacial score (nSPS) is 12.1. The van der Waals surface area contributed by atoms with Crippen molar-refractivity contribution in [3.63, 3.8) is 0 Å². The van der Waals surface area contributed by atoms with Crippen LogP contribution in [0.25, 0.3) is 6.08 Å². The SMILES string of the molecule is C[C@@H](NC(=O)/C=C/c1ccccc1[N+](=O)[O-])c1ccccc1Br. The summed E-state index contributed by atoms with van der Waals surface area (Å²) in [5, 5.41) is 13.8. The van der Waals surface area contributed by atoms with Gasteiger partial charge in [0.05, 0.1) is 16.5 Å². The van der Waals surface area contributed by atoms with Crippen molar-refractivity contribution in [3.8, 4) is 0 Å². The highest BCUT2D eigenvalue weighted by atomic mass is 79.9. The van der Waals surface area contributed by atoms with Crippen LogP contribution in [0.4, 0.5) is 5.69 Å². The summed E-state index contributed by atoms with van der Waals surface area (Å²) in [6.07, 6.45) is 2.75. The van der Waals surface area contributed by atoms with Crippen LogP contribution in [0, 0.1) is 10.1 Å². The highest BCUT2D eigenvalue weighted by Gasteiger charge is 2.12. The molecule has 0 aliphatic carbocycles. The number of carbonyl (C=O) groups excluding carboxylic acids is 1. The number of carbonyl (C=O) groups is 1. The largest absolute Gasteiger partial charge is 0.346 e. The van der Waals surface area contributed by atoms with E-state index in [0.717, 1.165) is 10.0 Å². The molecule has 1 amide bonds. The van der Waals surface area contributed by atoms with Crippen molar-refractivity contribution in [1.29, 1.82) is 0 Å². The molecule has 0 spiro atoms. The van der Waals surface area contributed by atoms with E-state index in [2.05, 4.69) is 21.2 Å². The molecule has 0 aliphatic rings. The number of nitro benzene ring substituents is 1. The lowest BCUT2D eigenvalue weighted by Crippen LogP contribution is -2.24. The minimum Gasteiger partial charge on any atom is -0.346 e. The predicted molar refractivity (Wildman–Crippen MR) is 92.8 cm³/mol. The van der Waals surface area contributed by atoms with Gasteiger partial charge >= 0.3 is 0 Å². The van der Waals surface area contributed by atoms with Gasteiger partial charge < -0.3 is 5.32 Å². The Morgan fingerprint density at radius 2 is 1.87 bits per heavy atom. The van der Waals surface area contributed by atoms with E-state index in [1.807, 2.05) is 31.2 Å². The molecular formula is C17H15BrN2O3. The average Bonchev–Trinajstić information content (AvgIpc) is 2.53. The highest BCUT2D eigenvalue weighted by molar-refractivity contribution is 9.10. The quantitative estimate of drug-likeness (QED) is 0.483. The van der Waals surface area contributed by atoms with E-state index in [1.165, 1.54) is 18.2 Å². The Hall–Kier alpha value is -2.47. The third-order valence-electron chi connectivity index (χ3n) is 3.28. The van der Waals surface area contributed by atoms with Crippen LogP contribution in [0.2, 0.25) is 0 Å². The molecule has 2 aromatic rings. The number of hydrogen-bond donors (Lipinski definition) is 1. The maximum absolute atomic E-state index is 12.0. The van der Waals surface area contributed by atoms with Gasteiger partial charge in [-0.1, -0.05) is 46.3 Å². The van der Waals surface area contributed by atoms with Gasteiger partial charge in [0.25, 0.3) is 5.69 Å². The molecular weight excluding hydrogens is 360 g/mol. The maximum atomic E-state index is 12.0. The van der Waals surface area contributed by atoms with Crippen LogP contribution in [0.15, 0.2) is 59.1 Å². The molecule has 0 aliphatic heterocycles. The van der Waals surface area contributed by atoms with Crippen molar-refractivity contribution < 1.29 is 9.72 Å². The lowest BCUT2D eigenvalue weighted by molar-refractivity contribution is -0.385. The van der Waals surface area contributed by atoms with E-state index in [4.69, 9.17) is 0 Å². The van der Waals surface area contributed by atoms with Gasteiger partial charge in [-0.3, -0.25) is 14.9 Å². The van der Waals surface area contributed by atoms with Gasteiger partial charge in [-0.15, -0.1) is 0 Å². The lowest BCUT2D eigenvalue weighted by Gasteiger charge is -2.14. The number of amides is 1. The fourth-order valence-corrected chi connectivity index (χ4v) is 2.75. The van der Waals surface area contributed by atoms with E-state index >= 15 is 0 Å². The zero-order valence-electron chi connectivity index (χ0n) is 12.4. The average molecular weight is 375 g/mol. The van der Waals surface area contributed by atoms with Crippen LogP contribution in [0.1, 0.15) is 24.1 Å². The minimum atomic E-state index is -0.471. The Balaban J connectivity index is 2.08. The molecule has 0 aromatic heterocycles. The molecule has 118 valence electrons. The van der Waals surface area contributed by atoms with Gasteiger partial charge in [-0.2, -0.15) is 0 Å². The highest BCUT2D eigenvalue weighted by Crippen LogP contribution is 2.23. The first-order valence-corrected chi connectivity index (χ1v) is 7.74. The van der Waals surface area contributed by atoms with E-state index in [0.29, 0.717) is 5.56 Å². The predicted octanol–water partition coefficient (Wildman–Crippen LogP) is 4.25. The van der Waals surface area contributed by atoms with Crippen LogP contribution in [0.5, 0.6) is 0 Å². The molecule has 0 heterocycles. The van der Waals surface area contributed by atoms with Gasteiger partial charge in [0.15, 0.2) is 0 Å². The molecule has 0 unspecified atom stereocenters. The van der Waals surface area contributed by atoms with Crippen LogP contribution in [0.3, 0.4) is 0 Å². The van der Waals surface area contributed by atoms with Gasteiger partial charge in [-0.05, 0) is 30.7 Å². The van der Waals surface area contributed by atoms with Crippen LogP contribution in [-0.4, -0.2) is 10.8 Å². The number of hydrogen-bond acceptors (Lipinski definition) is 3. The number of para-hydroxylation sites is 1. The summed E-state index contributed by atoms with van der Waals surface area (Å²) in [4.78, 5) is 22.5. The van der Waals surface area contributed by atoms with Crippen molar-refractivity contribution in [2.75, 3.05) is 0 Å². The Morgan fingerprint density at radius 1 is 1.22 bits per heavy atom. The van der Waals surface area contributed by atoms with Gasteiger partial charge in [0, 0.05) is 16.6 Å². The smallest absolute Gasteiger partial charge is 0.276 e. The Labute approximate surface area is 142 Å². The summed E-state index contributed by atoms with van der Waals surface area (Å²) >= 11 is 3.44. The van der Waals surface area contributed by atoms with Crippen molar-refractivity contribution in [3.05, 3.63) is 80.3 Å². The molecule has 0 saturated carbocycles. The summed E-state index contributed by atoms with van der Waals surface area (Å²) < 4.78 is 0.912. The molecule has 6 heteroatoms. The third kappa shape index (κ3) is 4.50. The van der Waals surface area contributed by atoms with Crippen LogP contribution >= 0.6 is 15.9 Å². The first-order valence-electron chi connectivity index (χ1n) is 6.95. The molecule has 0 saturated heterocycles. The van der Waals surface area contributed by atoms with E-state index in [1.54, 1.807) is 18.2 Å².